The summed E-state index contributed by atoms with van der Waals surface area (Å²) >= 11 is 0. The first-order chi connectivity index (χ1) is 8.65. The van der Waals surface area contributed by atoms with E-state index in [0.717, 1.165) is 17.8 Å². The van der Waals surface area contributed by atoms with Crippen molar-refractivity contribution in [2.45, 2.75) is 33.7 Å². The highest BCUT2D eigenvalue weighted by molar-refractivity contribution is 5.33. The fraction of sp³-hybridized carbons (Fsp3) is 0.385. The molecule has 0 saturated heterocycles. The van der Waals surface area contributed by atoms with Gasteiger partial charge in [0.05, 0.1) is 17.9 Å². The minimum atomic E-state index is 0.669. The number of nitrogens with two attached hydrogens (primary N) is 1. The minimum absolute atomic E-state index is 0.669. The largest absolute Gasteiger partial charge is 0.308 e. The van der Waals surface area contributed by atoms with E-state index in [1.54, 1.807) is 0 Å². The Bertz CT molecular complexity index is 544. The summed E-state index contributed by atoms with van der Waals surface area (Å²) in [6, 6.07) is 5.75. The zero-order valence-corrected chi connectivity index (χ0v) is 11.1. The van der Waals surface area contributed by atoms with Gasteiger partial charge in [-0.3, -0.25) is 4.68 Å². The van der Waals surface area contributed by atoms with Crippen molar-refractivity contribution in [1.82, 2.24) is 14.8 Å². The Morgan fingerprint density at radius 1 is 1.33 bits per heavy atom. The molecule has 0 spiro atoms. The lowest BCUT2D eigenvalue weighted by Gasteiger charge is -2.06. The van der Waals surface area contributed by atoms with Crippen LogP contribution >= 0.6 is 0 Å². The molecule has 18 heavy (non-hydrogen) atoms. The highest BCUT2D eigenvalue weighted by atomic mass is 15.3. The number of nitrogens with zero attached hydrogens (tertiary/aromatic N) is 3. The van der Waals surface area contributed by atoms with E-state index in [0.29, 0.717) is 12.4 Å². The molecule has 2 aromatic heterocycles. The normalized spacial score (nSPS) is 10.7. The highest BCUT2D eigenvalue weighted by Crippen LogP contribution is 2.15. The second-order valence-electron chi connectivity index (χ2n) is 4.32. The molecule has 5 nitrogen and oxygen atoms in total. The number of rotatable bonds is 4. The van der Waals surface area contributed by atoms with Crippen LogP contribution in [0.3, 0.4) is 0 Å². The van der Waals surface area contributed by atoms with E-state index in [9.17, 15) is 0 Å². The molecule has 0 saturated carbocycles. The molecule has 0 aromatic carbocycles. The molecule has 0 unspecified atom stereocenters. The summed E-state index contributed by atoms with van der Waals surface area (Å²) in [5, 5.41) is 4.56. The van der Waals surface area contributed by atoms with Gasteiger partial charge < -0.3 is 5.43 Å². The van der Waals surface area contributed by atoms with Gasteiger partial charge in [0.1, 0.15) is 5.82 Å². The maximum Gasteiger partial charge on any atom is 0.140 e. The van der Waals surface area contributed by atoms with E-state index in [-0.39, 0.29) is 0 Å². The highest BCUT2D eigenvalue weighted by Gasteiger charge is 2.10. The molecule has 0 atom stereocenters. The van der Waals surface area contributed by atoms with Gasteiger partial charge in [-0.25, -0.2) is 10.8 Å². The second-order valence-corrected chi connectivity index (χ2v) is 4.32. The van der Waals surface area contributed by atoms with Gasteiger partial charge in [-0.1, -0.05) is 13.0 Å². The number of aryl methyl sites for hydroxylation is 1. The van der Waals surface area contributed by atoms with Crippen LogP contribution in [0.25, 0.3) is 0 Å². The lowest BCUT2D eigenvalue weighted by Crippen LogP contribution is -2.11. The van der Waals surface area contributed by atoms with Gasteiger partial charge in [0.25, 0.3) is 0 Å². The fourth-order valence-corrected chi connectivity index (χ4v) is 2.20. The van der Waals surface area contributed by atoms with Crippen LogP contribution in [0.5, 0.6) is 0 Å². The third-order valence-corrected chi connectivity index (χ3v) is 3.15. The molecule has 2 aromatic rings. The molecule has 0 fully saturated rings. The van der Waals surface area contributed by atoms with Crippen molar-refractivity contribution in [2.75, 3.05) is 5.43 Å². The Morgan fingerprint density at radius 3 is 2.72 bits per heavy atom. The van der Waals surface area contributed by atoms with Crippen LogP contribution in [-0.2, 0) is 13.0 Å². The van der Waals surface area contributed by atoms with Gasteiger partial charge in [-0.15, -0.1) is 0 Å². The molecule has 0 aliphatic rings. The molecular formula is C13H19N5. The monoisotopic (exact) mass is 245 g/mol. The Hall–Kier alpha value is -1.88. The van der Waals surface area contributed by atoms with E-state index in [4.69, 9.17) is 5.84 Å². The molecule has 0 radical (unpaired) electrons. The first-order valence-corrected chi connectivity index (χ1v) is 6.11. The van der Waals surface area contributed by atoms with Crippen LogP contribution in [0.4, 0.5) is 5.82 Å². The Balaban J connectivity index is 2.28. The molecule has 3 N–H and O–H groups in total. The quantitative estimate of drug-likeness (QED) is 0.636. The van der Waals surface area contributed by atoms with E-state index in [1.165, 1.54) is 11.3 Å². The molecule has 96 valence electrons. The smallest absolute Gasteiger partial charge is 0.140 e. The molecule has 0 aliphatic carbocycles. The summed E-state index contributed by atoms with van der Waals surface area (Å²) in [6.07, 6.45) is 1.01. The molecule has 2 rings (SSSR count). The van der Waals surface area contributed by atoms with Crippen molar-refractivity contribution in [3.05, 3.63) is 40.8 Å². The Morgan fingerprint density at radius 2 is 2.11 bits per heavy atom. The van der Waals surface area contributed by atoms with E-state index >= 15 is 0 Å². The first kappa shape index (κ1) is 12.6. The summed E-state index contributed by atoms with van der Waals surface area (Å²) < 4.78 is 2.00. The van der Waals surface area contributed by atoms with Crippen molar-refractivity contribution < 1.29 is 0 Å². The average Bonchev–Trinajstić information content (AvgIpc) is 2.64. The zero-order chi connectivity index (χ0) is 13.1. The number of hydrogen-bond acceptors (Lipinski definition) is 4. The van der Waals surface area contributed by atoms with Gasteiger partial charge in [-0.05, 0) is 38.0 Å². The second kappa shape index (κ2) is 5.18. The van der Waals surface area contributed by atoms with Crippen molar-refractivity contribution >= 4 is 5.82 Å². The number of hydrazine groups is 1. The van der Waals surface area contributed by atoms with Crippen molar-refractivity contribution in [2.24, 2.45) is 5.84 Å². The van der Waals surface area contributed by atoms with Gasteiger partial charge in [0.2, 0.25) is 0 Å². The number of nitrogens with one attached hydrogen (secondary N) is 1. The van der Waals surface area contributed by atoms with Gasteiger partial charge in [0.15, 0.2) is 0 Å². The number of nitrogen functional groups attached to an aromatic ring is 1. The molecular weight excluding hydrogens is 226 g/mol. The van der Waals surface area contributed by atoms with Crippen LogP contribution < -0.4 is 11.3 Å². The van der Waals surface area contributed by atoms with Crippen LogP contribution in [0.15, 0.2) is 18.2 Å². The molecule has 0 amide bonds. The van der Waals surface area contributed by atoms with Crippen LogP contribution in [0, 0.1) is 13.8 Å². The minimum Gasteiger partial charge on any atom is -0.308 e. The van der Waals surface area contributed by atoms with Crippen LogP contribution in [0.2, 0.25) is 0 Å². The third kappa shape index (κ3) is 2.36. The van der Waals surface area contributed by atoms with Crippen molar-refractivity contribution in [1.29, 1.82) is 0 Å². The predicted molar refractivity (Wildman–Crippen MR) is 72.2 cm³/mol. The standard InChI is InChI=1S/C13H19N5/c1-4-12-9(2)17-18(10(12)3)8-11-6-5-7-13(15-11)16-14/h5-7H,4,8,14H2,1-3H3,(H,15,16). The summed E-state index contributed by atoms with van der Waals surface area (Å²) in [7, 11) is 0. The zero-order valence-electron chi connectivity index (χ0n) is 11.1. The maximum atomic E-state index is 5.36. The summed E-state index contributed by atoms with van der Waals surface area (Å²) in [6.45, 7) is 6.97. The number of aromatic nitrogens is 3. The van der Waals surface area contributed by atoms with Gasteiger partial charge in [-0.2, -0.15) is 5.10 Å². The number of pyridine rings is 1. The van der Waals surface area contributed by atoms with Crippen LogP contribution in [0.1, 0.15) is 29.6 Å². The first-order valence-electron chi connectivity index (χ1n) is 6.11. The lowest BCUT2D eigenvalue weighted by atomic mass is 10.1. The van der Waals surface area contributed by atoms with Gasteiger partial charge in [0, 0.05) is 5.69 Å². The molecule has 5 heteroatoms. The maximum absolute atomic E-state index is 5.36. The third-order valence-electron chi connectivity index (χ3n) is 3.15. The van der Waals surface area contributed by atoms with E-state index < -0.39 is 0 Å². The number of anilines is 1. The lowest BCUT2D eigenvalue weighted by molar-refractivity contribution is 0.646. The number of hydrogen-bond donors (Lipinski definition) is 2. The SMILES string of the molecule is CCc1c(C)nn(Cc2cccc(NN)n2)c1C. The summed E-state index contributed by atoms with van der Waals surface area (Å²) in [4.78, 5) is 4.40. The van der Waals surface area contributed by atoms with Crippen molar-refractivity contribution in [3.63, 3.8) is 0 Å². The fourth-order valence-electron chi connectivity index (χ4n) is 2.20. The van der Waals surface area contributed by atoms with Crippen molar-refractivity contribution in [3.8, 4) is 0 Å². The molecule has 2 heterocycles. The Labute approximate surface area is 107 Å². The Kier molecular flexibility index (Phi) is 3.62. The van der Waals surface area contributed by atoms with Gasteiger partial charge >= 0.3 is 0 Å². The average molecular weight is 245 g/mol. The molecule has 0 aliphatic heterocycles. The topological polar surface area (TPSA) is 68.8 Å². The summed E-state index contributed by atoms with van der Waals surface area (Å²) in [5.74, 6) is 6.03. The van der Waals surface area contributed by atoms with E-state index in [2.05, 4.69) is 29.4 Å². The summed E-state index contributed by atoms with van der Waals surface area (Å²) in [5.41, 5.74) is 7.13. The van der Waals surface area contributed by atoms with E-state index in [1.807, 2.05) is 29.8 Å². The van der Waals surface area contributed by atoms with Crippen LogP contribution in [-0.4, -0.2) is 14.8 Å². The molecule has 0 bridgehead atoms. The predicted octanol–water partition coefficient (Wildman–Crippen LogP) is 1.79.